The van der Waals surface area contributed by atoms with Gasteiger partial charge in [-0.1, -0.05) is 66.7 Å². The number of rotatable bonds is 4. The van der Waals surface area contributed by atoms with E-state index in [1.54, 1.807) is 0 Å². The van der Waals surface area contributed by atoms with E-state index < -0.39 is 6.10 Å². The molecule has 0 radical (unpaired) electrons. The molecule has 0 aliphatic heterocycles. The van der Waals surface area contributed by atoms with Gasteiger partial charge in [-0.3, -0.25) is 0 Å². The second-order valence-corrected chi connectivity index (χ2v) is 4.62. The predicted octanol–water partition coefficient (Wildman–Crippen LogP) is 4.48. The van der Waals surface area contributed by atoms with Crippen LogP contribution in [-0.4, -0.2) is 5.11 Å². The summed E-state index contributed by atoms with van der Waals surface area (Å²) < 4.78 is 0. The van der Waals surface area contributed by atoms with Crippen molar-refractivity contribution in [2.24, 2.45) is 0 Å². The summed E-state index contributed by atoms with van der Waals surface area (Å²) in [5.74, 6) is 0. The minimum atomic E-state index is -0.546. The molecule has 2 rings (SSSR count). The number of hydrogen-bond acceptors (Lipinski definition) is 1. The fourth-order valence-electron chi connectivity index (χ4n) is 1.88. The molecule has 0 aliphatic carbocycles. The lowest BCUT2D eigenvalue weighted by molar-refractivity contribution is 0.184. The zero-order valence-corrected chi connectivity index (χ0v) is 10.8. The molecule has 0 saturated heterocycles. The van der Waals surface area contributed by atoms with Gasteiger partial charge in [0.25, 0.3) is 0 Å². The summed E-state index contributed by atoms with van der Waals surface area (Å²) >= 11 is 6.11. The molecular formula is C16H15ClO. The van der Waals surface area contributed by atoms with Crippen LogP contribution < -0.4 is 0 Å². The Bertz CT molecular complexity index is 534. The Labute approximate surface area is 112 Å². The molecule has 0 fully saturated rings. The van der Waals surface area contributed by atoms with Crippen LogP contribution in [0.3, 0.4) is 0 Å². The highest BCUT2D eigenvalue weighted by atomic mass is 35.5. The topological polar surface area (TPSA) is 20.2 Å². The van der Waals surface area contributed by atoms with Gasteiger partial charge in [0.05, 0.1) is 6.10 Å². The first-order valence-corrected chi connectivity index (χ1v) is 6.22. The summed E-state index contributed by atoms with van der Waals surface area (Å²) in [5, 5.41) is 10.8. The smallest absolute Gasteiger partial charge is 0.0830 e. The van der Waals surface area contributed by atoms with Crippen molar-refractivity contribution < 1.29 is 5.11 Å². The highest BCUT2D eigenvalue weighted by Crippen LogP contribution is 2.29. The van der Waals surface area contributed by atoms with Gasteiger partial charge in [0.15, 0.2) is 0 Å². The summed E-state index contributed by atoms with van der Waals surface area (Å²) in [4.78, 5) is 0. The number of benzene rings is 2. The quantitative estimate of drug-likeness (QED) is 0.857. The van der Waals surface area contributed by atoms with Gasteiger partial charge in [-0.15, -0.1) is 0 Å². The van der Waals surface area contributed by atoms with E-state index in [-0.39, 0.29) is 0 Å². The molecule has 1 atom stereocenters. The highest BCUT2D eigenvalue weighted by molar-refractivity contribution is 6.32. The first kappa shape index (κ1) is 12.9. The van der Waals surface area contributed by atoms with E-state index in [9.17, 15) is 5.11 Å². The van der Waals surface area contributed by atoms with E-state index in [0.29, 0.717) is 11.4 Å². The van der Waals surface area contributed by atoms with Crippen LogP contribution in [0.15, 0.2) is 61.2 Å². The van der Waals surface area contributed by atoms with E-state index in [4.69, 9.17) is 11.6 Å². The Balaban J connectivity index is 2.11. The summed E-state index contributed by atoms with van der Waals surface area (Å²) in [6.07, 6.45) is -0.0664. The molecular weight excluding hydrogens is 244 g/mol. The van der Waals surface area contributed by atoms with Crippen molar-refractivity contribution in [3.05, 3.63) is 77.3 Å². The third kappa shape index (κ3) is 3.00. The standard InChI is InChI=1S/C16H15ClO/c1-12(14-9-5-6-10-15(14)17)11-16(18)13-7-3-2-4-8-13/h2-10,16,18H,1,11H2. The predicted molar refractivity (Wildman–Crippen MR) is 76.5 cm³/mol. The van der Waals surface area contributed by atoms with E-state index in [0.717, 1.165) is 16.7 Å². The first-order chi connectivity index (χ1) is 8.68. The van der Waals surface area contributed by atoms with E-state index in [1.807, 2.05) is 54.6 Å². The maximum absolute atomic E-state index is 10.1. The molecule has 0 heterocycles. The van der Waals surface area contributed by atoms with Gasteiger partial charge < -0.3 is 5.11 Å². The lowest BCUT2D eigenvalue weighted by Crippen LogP contribution is -1.98. The molecule has 1 unspecified atom stereocenters. The molecule has 2 aromatic rings. The number of halogens is 1. The molecule has 92 valence electrons. The Hall–Kier alpha value is -1.57. The lowest BCUT2D eigenvalue weighted by Gasteiger charge is -2.14. The molecule has 1 N–H and O–H groups in total. The highest BCUT2D eigenvalue weighted by Gasteiger charge is 2.11. The number of aliphatic hydroxyl groups is 1. The van der Waals surface area contributed by atoms with Crippen molar-refractivity contribution in [1.29, 1.82) is 0 Å². The molecule has 0 amide bonds. The Kier molecular flexibility index (Phi) is 4.19. The monoisotopic (exact) mass is 258 g/mol. The summed E-state index contributed by atoms with van der Waals surface area (Å²) in [5.41, 5.74) is 2.64. The van der Waals surface area contributed by atoms with Gasteiger partial charge in [0.1, 0.15) is 0 Å². The molecule has 1 nitrogen and oxygen atoms in total. The van der Waals surface area contributed by atoms with E-state index in [1.165, 1.54) is 0 Å². The van der Waals surface area contributed by atoms with Gasteiger partial charge in [-0.05, 0) is 22.8 Å². The molecule has 18 heavy (non-hydrogen) atoms. The second kappa shape index (κ2) is 5.85. The SMILES string of the molecule is C=C(CC(O)c1ccccc1)c1ccccc1Cl. The fourth-order valence-corrected chi connectivity index (χ4v) is 2.15. The third-order valence-electron chi connectivity index (χ3n) is 2.88. The largest absolute Gasteiger partial charge is 0.388 e. The summed E-state index contributed by atoms with van der Waals surface area (Å²) in [7, 11) is 0. The lowest BCUT2D eigenvalue weighted by atomic mass is 9.97. The Morgan fingerprint density at radius 1 is 1.06 bits per heavy atom. The second-order valence-electron chi connectivity index (χ2n) is 4.21. The van der Waals surface area contributed by atoms with E-state index in [2.05, 4.69) is 6.58 Å². The van der Waals surface area contributed by atoms with Crippen LogP contribution >= 0.6 is 11.6 Å². The van der Waals surface area contributed by atoms with Crippen molar-refractivity contribution in [1.82, 2.24) is 0 Å². The average molecular weight is 259 g/mol. The summed E-state index contributed by atoms with van der Waals surface area (Å²) in [6.45, 7) is 4.01. The Morgan fingerprint density at radius 3 is 2.33 bits per heavy atom. The van der Waals surface area contributed by atoms with Crippen molar-refractivity contribution >= 4 is 17.2 Å². The van der Waals surface area contributed by atoms with Crippen molar-refractivity contribution in [3.8, 4) is 0 Å². The van der Waals surface area contributed by atoms with Crippen LogP contribution in [-0.2, 0) is 0 Å². The van der Waals surface area contributed by atoms with Gasteiger partial charge in [-0.25, -0.2) is 0 Å². The number of hydrogen-bond donors (Lipinski definition) is 1. The first-order valence-electron chi connectivity index (χ1n) is 5.84. The average Bonchev–Trinajstić information content (AvgIpc) is 2.40. The maximum atomic E-state index is 10.1. The third-order valence-corrected chi connectivity index (χ3v) is 3.21. The van der Waals surface area contributed by atoms with Crippen LogP contribution in [0.5, 0.6) is 0 Å². The van der Waals surface area contributed by atoms with Gasteiger partial charge in [-0.2, -0.15) is 0 Å². The zero-order chi connectivity index (χ0) is 13.0. The van der Waals surface area contributed by atoms with Crippen LogP contribution in [0.4, 0.5) is 0 Å². The van der Waals surface area contributed by atoms with Gasteiger partial charge >= 0.3 is 0 Å². The molecule has 0 spiro atoms. The normalized spacial score (nSPS) is 12.1. The summed E-state index contributed by atoms with van der Waals surface area (Å²) in [6, 6.07) is 17.1. The van der Waals surface area contributed by atoms with Crippen molar-refractivity contribution in [2.45, 2.75) is 12.5 Å². The number of aliphatic hydroxyl groups excluding tert-OH is 1. The minimum Gasteiger partial charge on any atom is -0.388 e. The maximum Gasteiger partial charge on any atom is 0.0830 e. The minimum absolute atomic E-state index is 0.480. The van der Waals surface area contributed by atoms with Crippen LogP contribution in [0.2, 0.25) is 5.02 Å². The van der Waals surface area contributed by atoms with Crippen LogP contribution in [0, 0.1) is 0 Å². The van der Waals surface area contributed by atoms with E-state index >= 15 is 0 Å². The van der Waals surface area contributed by atoms with Gasteiger partial charge in [0.2, 0.25) is 0 Å². The van der Waals surface area contributed by atoms with Crippen molar-refractivity contribution in [2.75, 3.05) is 0 Å². The fraction of sp³-hybridized carbons (Fsp3) is 0.125. The molecule has 0 bridgehead atoms. The zero-order valence-electron chi connectivity index (χ0n) is 10.0. The molecule has 0 aliphatic rings. The molecule has 0 saturated carbocycles. The molecule has 2 aromatic carbocycles. The molecule has 0 aromatic heterocycles. The Morgan fingerprint density at radius 2 is 1.67 bits per heavy atom. The van der Waals surface area contributed by atoms with Gasteiger partial charge in [0, 0.05) is 11.4 Å². The molecule has 2 heteroatoms. The van der Waals surface area contributed by atoms with Crippen LogP contribution in [0.1, 0.15) is 23.7 Å². The van der Waals surface area contributed by atoms with Crippen LogP contribution in [0.25, 0.3) is 5.57 Å². The van der Waals surface area contributed by atoms with Crippen molar-refractivity contribution in [3.63, 3.8) is 0 Å².